The monoisotopic (exact) mass is 334 g/mol. The summed E-state index contributed by atoms with van der Waals surface area (Å²) < 4.78 is 0. The van der Waals surface area contributed by atoms with Crippen molar-refractivity contribution in [2.24, 2.45) is 0 Å². The standard InChI is InChI=1S/C18H18N6O/c1-12-7-9-20-17(22-12)14-3-5-15(6-4-14)24-18(25)21-11-16-8-10-19-13(2)23-16/h3-10H,11H2,1-2H3,(H2,21,24,25). The zero-order valence-electron chi connectivity index (χ0n) is 14.0. The number of carbonyl (C=O) groups is 1. The minimum atomic E-state index is -0.296. The fourth-order valence-electron chi connectivity index (χ4n) is 2.24. The van der Waals surface area contributed by atoms with E-state index in [2.05, 4.69) is 30.6 Å². The molecule has 2 amide bonds. The minimum Gasteiger partial charge on any atom is -0.332 e. The van der Waals surface area contributed by atoms with Crippen molar-refractivity contribution in [1.29, 1.82) is 0 Å². The van der Waals surface area contributed by atoms with Crippen LogP contribution in [0.1, 0.15) is 17.2 Å². The van der Waals surface area contributed by atoms with Gasteiger partial charge in [0.1, 0.15) is 5.82 Å². The molecule has 0 saturated heterocycles. The lowest BCUT2D eigenvalue weighted by Gasteiger charge is -2.08. The molecular weight excluding hydrogens is 316 g/mol. The number of urea groups is 1. The summed E-state index contributed by atoms with van der Waals surface area (Å²) in [5.74, 6) is 1.34. The predicted molar refractivity (Wildman–Crippen MR) is 94.8 cm³/mol. The van der Waals surface area contributed by atoms with Gasteiger partial charge in [0.15, 0.2) is 5.82 Å². The topological polar surface area (TPSA) is 92.7 Å². The van der Waals surface area contributed by atoms with Crippen LogP contribution in [0.15, 0.2) is 48.8 Å². The Bertz CT molecular complexity index is 879. The van der Waals surface area contributed by atoms with Gasteiger partial charge in [-0.05, 0) is 50.2 Å². The molecule has 2 heterocycles. The SMILES string of the molecule is Cc1ccnc(-c2ccc(NC(=O)NCc3ccnc(C)n3)cc2)n1. The van der Waals surface area contributed by atoms with Crippen LogP contribution in [0, 0.1) is 13.8 Å². The number of aryl methyl sites for hydroxylation is 2. The van der Waals surface area contributed by atoms with E-state index in [0.29, 0.717) is 23.9 Å². The van der Waals surface area contributed by atoms with Gasteiger partial charge < -0.3 is 10.6 Å². The lowest BCUT2D eigenvalue weighted by Crippen LogP contribution is -2.28. The van der Waals surface area contributed by atoms with E-state index in [0.717, 1.165) is 17.0 Å². The number of hydrogen-bond acceptors (Lipinski definition) is 5. The van der Waals surface area contributed by atoms with Crippen molar-refractivity contribution in [2.75, 3.05) is 5.32 Å². The van der Waals surface area contributed by atoms with Gasteiger partial charge in [0.25, 0.3) is 0 Å². The molecule has 2 aromatic heterocycles. The third-order valence-corrected chi connectivity index (χ3v) is 3.46. The zero-order chi connectivity index (χ0) is 17.6. The number of amides is 2. The van der Waals surface area contributed by atoms with Crippen molar-refractivity contribution in [2.45, 2.75) is 20.4 Å². The molecule has 3 aromatic rings. The summed E-state index contributed by atoms with van der Waals surface area (Å²) in [6.45, 7) is 4.07. The second-order valence-electron chi connectivity index (χ2n) is 5.50. The van der Waals surface area contributed by atoms with Gasteiger partial charge in [0.05, 0.1) is 12.2 Å². The summed E-state index contributed by atoms with van der Waals surface area (Å²) >= 11 is 0. The molecule has 7 nitrogen and oxygen atoms in total. The first-order valence-electron chi connectivity index (χ1n) is 7.83. The van der Waals surface area contributed by atoms with Crippen LogP contribution in [0.2, 0.25) is 0 Å². The number of nitrogens with zero attached hydrogens (tertiary/aromatic N) is 4. The van der Waals surface area contributed by atoms with Crippen LogP contribution in [0.5, 0.6) is 0 Å². The van der Waals surface area contributed by atoms with Crippen LogP contribution >= 0.6 is 0 Å². The van der Waals surface area contributed by atoms with E-state index in [-0.39, 0.29) is 6.03 Å². The molecule has 2 N–H and O–H groups in total. The Kier molecular flexibility index (Phi) is 4.94. The first-order chi connectivity index (χ1) is 12.1. The number of rotatable bonds is 4. The highest BCUT2D eigenvalue weighted by atomic mass is 16.2. The van der Waals surface area contributed by atoms with Crippen molar-refractivity contribution in [1.82, 2.24) is 25.3 Å². The quantitative estimate of drug-likeness (QED) is 0.765. The summed E-state index contributed by atoms with van der Waals surface area (Å²) in [7, 11) is 0. The van der Waals surface area contributed by atoms with Crippen molar-refractivity contribution in [3.05, 3.63) is 66.0 Å². The molecule has 25 heavy (non-hydrogen) atoms. The number of anilines is 1. The maximum absolute atomic E-state index is 12.0. The van der Waals surface area contributed by atoms with Crippen LogP contribution in [-0.2, 0) is 6.54 Å². The van der Waals surface area contributed by atoms with Crippen LogP contribution < -0.4 is 10.6 Å². The summed E-state index contributed by atoms with van der Waals surface area (Å²) in [6, 6.07) is 10.7. The summed E-state index contributed by atoms with van der Waals surface area (Å²) in [4.78, 5) is 28.9. The highest BCUT2D eigenvalue weighted by molar-refractivity contribution is 5.89. The van der Waals surface area contributed by atoms with Crippen molar-refractivity contribution in [3.63, 3.8) is 0 Å². The van der Waals surface area contributed by atoms with E-state index in [1.54, 1.807) is 18.5 Å². The summed E-state index contributed by atoms with van der Waals surface area (Å²) in [5, 5.41) is 5.55. The highest BCUT2D eigenvalue weighted by Gasteiger charge is 2.05. The fourth-order valence-corrected chi connectivity index (χ4v) is 2.24. The molecule has 0 bridgehead atoms. The van der Waals surface area contributed by atoms with Gasteiger partial charge in [0.2, 0.25) is 0 Å². The molecule has 0 radical (unpaired) electrons. The van der Waals surface area contributed by atoms with Gasteiger partial charge in [-0.2, -0.15) is 0 Å². The molecule has 0 atom stereocenters. The van der Waals surface area contributed by atoms with E-state index in [9.17, 15) is 4.79 Å². The molecule has 3 rings (SSSR count). The Morgan fingerprint density at radius 3 is 2.44 bits per heavy atom. The van der Waals surface area contributed by atoms with Crippen molar-refractivity contribution < 1.29 is 4.79 Å². The lowest BCUT2D eigenvalue weighted by molar-refractivity contribution is 0.251. The molecule has 126 valence electrons. The largest absolute Gasteiger partial charge is 0.332 e. The molecule has 7 heteroatoms. The maximum Gasteiger partial charge on any atom is 0.319 e. The molecule has 0 saturated carbocycles. The fraction of sp³-hybridized carbons (Fsp3) is 0.167. The number of benzene rings is 1. The number of nitrogens with one attached hydrogen (secondary N) is 2. The Morgan fingerprint density at radius 2 is 1.72 bits per heavy atom. The minimum absolute atomic E-state index is 0.296. The van der Waals surface area contributed by atoms with Gasteiger partial charge in [0, 0.05) is 29.3 Å². The molecule has 0 spiro atoms. The Labute approximate surface area is 145 Å². The third-order valence-electron chi connectivity index (χ3n) is 3.46. The van der Waals surface area contributed by atoms with Crippen LogP contribution in [0.4, 0.5) is 10.5 Å². The van der Waals surface area contributed by atoms with Gasteiger partial charge in [-0.15, -0.1) is 0 Å². The van der Waals surface area contributed by atoms with Gasteiger partial charge in [-0.3, -0.25) is 0 Å². The van der Waals surface area contributed by atoms with E-state index in [1.165, 1.54) is 0 Å². The van der Waals surface area contributed by atoms with Crippen LogP contribution in [0.25, 0.3) is 11.4 Å². The van der Waals surface area contributed by atoms with Crippen LogP contribution in [-0.4, -0.2) is 26.0 Å². The summed E-state index contributed by atoms with van der Waals surface area (Å²) in [6.07, 6.45) is 3.40. The van der Waals surface area contributed by atoms with Crippen molar-refractivity contribution in [3.8, 4) is 11.4 Å². The normalized spacial score (nSPS) is 10.3. The Morgan fingerprint density at radius 1 is 0.960 bits per heavy atom. The van der Waals surface area contributed by atoms with Gasteiger partial charge in [-0.25, -0.2) is 24.7 Å². The average molecular weight is 334 g/mol. The Hall–Kier alpha value is -3.35. The van der Waals surface area contributed by atoms with Gasteiger partial charge in [-0.1, -0.05) is 0 Å². The average Bonchev–Trinajstić information content (AvgIpc) is 2.61. The smallest absolute Gasteiger partial charge is 0.319 e. The molecular formula is C18H18N6O. The predicted octanol–water partition coefficient (Wildman–Crippen LogP) is 2.87. The van der Waals surface area contributed by atoms with E-state index in [1.807, 2.05) is 44.2 Å². The molecule has 0 aliphatic heterocycles. The van der Waals surface area contributed by atoms with E-state index in [4.69, 9.17) is 0 Å². The van der Waals surface area contributed by atoms with Crippen LogP contribution in [0.3, 0.4) is 0 Å². The van der Waals surface area contributed by atoms with Gasteiger partial charge >= 0.3 is 6.03 Å². The second-order valence-corrected chi connectivity index (χ2v) is 5.50. The number of aromatic nitrogens is 4. The summed E-state index contributed by atoms with van der Waals surface area (Å²) in [5.41, 5.74) is 3.25. The van der Waals surface area contributed by atoms with Crippen molar-refractivity contribution >= 4 is 11.7 Å². The number of carbonyl (C=O) groups excluding carboxylic acids is 1. The first-order valence-corrected chi connectivity index (χ1v) is 7.83. The van der Waals surface area contributed by atoms with E-state index < -0.39 is 0 Å². The highest BCUT2D eigenvalue weighted by Crippen LogP contribution is 2.17. The molecule has 0 aliphatic carbocycles. The Balaban J connectivity index is 1.58. The molecule has 1 aromatic carbocycles. The maximum atomic E-state index is 12.0. The zero-order valence-corrected chi connectivity index (χ0v) is 14.0. The molecule has 0 fully saturated rings. The third kappa shape index (κ3) is 4.57. The molecule has 0 aliphatic rings. The van der Waals surface area contributed by atoms with E-state index >= 15 is 0 Å². The molecule has 0 unspecified atom stereocenters. The lowest BCUT2D eigenvalue weighted by atomic mass is 10.2. The first kappa shape index (κ1) is 16.5. The second kappa shape index (κ2) is 7.48. The number of hydrogen-bond donors (Lipinski definition) is 2.